The van der Waals surface area contributed by atoms with Crippen molar-refractivity contribution in [1.29, 1.82) is 5.26 Å². The molecule has 0 unspecified atom stereocenters. The molecule has 0 aliphatic carbocycles. The molecular weight excluding hydrogens is 304 g/mol. The largest absolute Gasteiger partial charge is 0.394 e. The number of rotatable bonds is 4. The normalized spacial score (nSPS) is 24.1. The molecule has 23 heavy (non-hydrogen) atoms. The van der Waals surface area contributed by atoms with Crippen LogP contribution in [0.1, 0.15) is 19.1 Å². The van der Waals surface area contributed by atoms with Crippen LogP contribution in [0.3, 0.4) is 0 Å². The smallest absolute Gasteiger partial charge is 0.332 e. The summed E-state index contributed by atoms with van der Waals surface area (Å²) in [6, 6.07) is 1.98. The van der Waals surface area contributed by atoms with E-state index in [4.69, 9.17) is 15.7 Å². The maximum atomic E-state index is 12.7. The van der Waals surface area contributed by atoms with E-state index < -0.39 is 24.1 Å². The monoisotopic (exact) mass is 320 g/mol. The second-order valence-electron chi connectivity index (χ2n) is 5.28. The van der Waals surface area contributed by atoms with Crippen LogP contribution in [0.4, 0.5) is 5.95 Å². The number of nitrogens with two attached hydrogens (primary N) is 1. The van der Waals surface area contributed by atoms with Crippen LogP contribution in [0.15, 0.2) is 11.0 Å². The Morgan fingerprint density at radius 2 is 2.35 bits per heavy atom. The van der Waals surface area contributed by atoms with Crippen molar-refractivity contribution in [2.24, 2.45) is 0 Å². The molecule has 0 spiro atoms. The van der Waals surface area contributed by atoms with Crippen LogP contribution in [0, 0.1) is 11.3 Å². The molecule has 10 nitrogen and oxygen atoms in total. The van der Waals surface area contributed by atoms with Gasteiger partial charge in [-0.15, -0.1) is 0 Å². The zero-order chi connectivity index (χ0) is 16.6. The summed E-state index contributed by atoms with van der Waals surface area (Å²) in [4.78, 5) is 20.6. The molecule has 0 aromatic carbocycles. The fourth-order valence-corrected chi connectivity index (χ4v) is 2.76. The molecule has 4 N–H and O–H groups in total. The highest BCUT2D eigenvalue weighted by atomic mass is 16.5. The predicted molar refractivity (Wildman–Crippen MR) is 78.1 cm³/mol. The molecule has 3 heterocycles. The van der Waals surface area contributed by atoms with Crippen LogP contribution < -0.4 is 11.4 Å². The van der Waals surface area contributed by atoms with Gasteiger partial charge >= 0.3 is 5.69 Å². The summed E-state index contributed by atoms with van der Waals surface area (Å²) < 4.78 is 8.09. The maximum absolute atomic E-state index is 12.7. The van der Waals surface area contributed by atoms with Crippen LogP contribution >= 0.6 is 0 Å². The van der Waals surface area contributed by atoms with Gasteiger partial charge < -0.3 is 20.7 Å². The first-order chi connectivity index (χ1) is 11.1. The lowest BCUT2D eigenvalue weighted by atomic mass is 10.2. The Morgan fingerprint density at radius 1 is 1.57 bits per heavy atom. The number of aryl methyl sites for hydroxylation is 1. The Kier molecular flexibility index (Phi) is 3.99. The summed E-state index contributed by atoms with van der Waals surface area (Å²) in [6.07, 6.45) is -0.748. The molecule has 3 atom stereocenters. The molecule has 10 heteroatoms. The third kappa shape index (κ3) is 2.55. The van der Waals surface area contributed by atoms with Gasteiger partial charge in [0.05, 0.1) is 31.4 Å². The third-order valence-corrected chi connectivity index (χ3v) is 3.80. The number of ether oxygens (including phenoxy) is 1. The summed E-state index contributed by atoms with van der Waals surface area (Å²) in [5.74, 6) is -0.0186. The molecule has 2 aromatic rings. The molecule has 1 saturated heterocycles. The first-order valence-electron chi connectivity index (χ1n) is 7.11. The van der Waals surface area contributed by atoms with Crippen molar-refractivity contribution in [3.8, 4) is 6.07 Å². The third-order valence-electron chi connectivity index (χ3n) is 3.80. The van der Waals surface area contributed by atoms with E-state index in [1.807, 2.05) is 6.07 Å². The van der Waals surface area contributed by atoms with E-state index in [0.717, 1.165) is 0 Å². The number of anilines is 1. The van der Waals surface area contributed by atoms with Gasteiger partial charge in [0, 0.05) is 13.0 Å². The van der Waals surface area contributed by atoms with E-state index in [0.29, 0.717) is 5.52 Å². The van der Waals surface area contributed by atoms with Gasteiger partial charge in [0.1, 0.15) is 11.6 Å². The van der Waals surface area contributed by atoms with Crippen molar-refractivity contribution >= 4 is 17.1 Å². The number of aliphatic hydroxyl groups is 2. The number of aliphatic hydroxyl groups excluding tert-OH is 2. The van der Waals surface area contributed by atoms with E-state index >= 15 is 0 Å². The number of hydrogen-bond donors (Lipinski definition) is 3. The molecule has 0 bridgehead atoms. The molecule has 2 aromatic heterocycles. The Morgan fingerprint density at radius 3 is 3.00 bits per heavy atom. The number of hydrogen-bond acceptors (Lipinski definition) is 8. The van der Waals surface area contributed by atoms with Crippen molar-refractivity contribution in [2.45, 2.75) is 37.8 Å². The second-order valence-corrected chi connectivity index (χ2v) is 5.28. The highest BCUT2D eigenvalue weighted by Crippen LogP contribution is 2.30. The molecule has 0 saturated carbocycles. The Balaban J connectivity index is 2.16. The van der Waals surface area contributed by atoms with E-state index in [1.165, 1.54) is 15.3 Å². The fourth-order valence-electron chi connectivity index (χ4n) is 2.76. The van der Waals surface area contributed by atoms with Gasteiger partial charge in [-0.3, -0.25) is 4.57 Å². The van der Waals surface area contributed by atoms with E-state index in [1.54, 1.807) is 0 Å². The van der Waals surface area contributed by atoms with Crippen LogP contribution in [0.25, 0.3) is 11.2 Å². The van der Waals surface area contributed by atoms with Crippen LogP contribution in [-0.4, -0.2) is 48.1 Å². The first kappa shape index (κ1) is 15.4. The predicted octanol–water partition coefficient (Wildman–Crippen LogP) is -1.27. The van der Waals surface area contributed by atoms with E-state index in [2.05, 4.69) is 9.97 Å². The molecule has 1 aliphatic heterocycles. The van der Waals surface area contributed by atoms with Gasteiger partial charge in [0.25, 0.3) is 0 Å². The average Bonchev–Trinajstić information content (AvgIpc) is 3.02. The number of fused-ring (bicyclic) bond motifs is 1. The number of nitriles is 1. The van der Waals surface area contributed by atoms with Gasteiger partial charge in [-0.2, -0.15) is 10.2 Å². The summed E-state index contributed by atoms with van der Waals surface area (Å²) >= 11 is 0. The summed E-state index contributed by atoms with van der Waals surface area (Å²) in [7, 11) is 0. The number of aromatic nitrogens is 4. The van der Waals surface area contributed by atoms with Crippen molar-refractivity contribution in [3.63, 3.8) is 0 Å². The molecule has 3 rings (SSSR count). The summed E-state index contributed by atoms with van der Waals surface area (Å²) in [5.41, 5.74) is 5.75. The Bertz CT molecular complexity index is 822. The van der Waals surface area contributed by atoms with Gasteiger partial charge in [-0.25, -0.2) is 14.3 Å². The minimum absolute atomic E-state index is 0.0186. The minimum Gasteiger partial charge on any atom is -0.394 e. The summed E-state index contributed by atoms with van der Waals surface area (Å²) in [5, 5.41) is 28.1. The highest BCUT2D eigenvalue weighted by molar-refractivity contribution is 5.71. The van der Waals surface area contributed by atoms with Crippen molar-refractivity contribution in [1.82, 2.24) is 19.1 Å². The molecule has 122 valence electrons. The summed E-state index contributed by atoms with van der Waals surface area (Å²) in [6.45, 7) is -0.0924. The number of nitrogen functional groups attached to an aromatic ring is 1. The first-order valence-corrected chi connectivity index (χ1v) is 7.11. The van der Waals surface area contributed by atoms with Crippen molar-refractivity contribution in [3.05, 3.63) is 16.7 Å². The molecular formula is C13H16N6O4. The number of imidazole rings is 1. The second kappa shape index (κ2) is 5.96. The van der Waals surface area contributed by atoms with E-state index in [-0.39, 0.29) is 37.6 Å². The topological polar surface area (TPSA) is 152 Å². The van der Waals surface area contributed by atoms with Gasteiger partial charge in [0.2, 0.25) is 5.95 Å². The zero-order valence-electron chi connectivity index (χ0n) is 12.2. The minimum atomic E-state index is -0.972. The van der Waals surface area contributed by atoms with Crippen LogP contribution in [0.2, 0.25) is 0 Å². The Hall–Kier alpha value is -2.48. The Labute approximate surface area is 130 Å². The standard InChI is InChI=1S/C13H16N6O4/c14-2-1-3-18-8-5-16-12(15)17-10(8)19(13(18)22)11-9(21)4-7(6-20)23-11/h5,7,9,11,20-21H,1,3-4,6H2,(H2,15,16,17)/t7-,9+,11+/m0/s1. The maximum Gasteiger partial charge on any atom is 0.332 e. The highest BCUT2D eigenvalue weighted by Gasteiger charge is 2.37. The van der Waals surface area contributed by atoms with E-state index in [9.17, 15) is 15.0 Å². The molecule has 0 radical (unpaired) electrons. The fraction of sp³-hybridized carbons (Fsp3) is 0.538. The van der Waals surface area contributed by atoms with Gasteiger partial charge in [-0.05, 0) is 0 Å². The van der Waals surface area contributed by atoms with Crippen LogP contribution in [-0.2, 0) is 11.3 Å². The SMILES string of the molecule is N#CCCn1c(=O)n([C@@H]2O[C@H](CO)C[C@H]2O)c2nc(N)ncc21. The number of nitrogens with zero attached hydrogens (tertiary/aromatic N) is 5. The quantitative estimate of drug-likeness (QED) is 0.630. The van der Waals surface area contributed by atoms with Crippen molar-refractivity contribution < 1.29 is 14.9 Å². The van der Waals surface area contributed by atoms with Crippen LogP contribution in [0.5, 0.6) is 0 Å². The zero-order valence-corrected chi connectivity index (χ0v) is 12.2. The molecule has 0 amide bonds. The molecule has 1 aliphatic rings. The molecule has 1 fully saturated rings. The van der Waals surface area contributed by atoms with Crippen molar-refractivity contribution in [2.75, 3.05) is 12.3 Å². The lowest BCUT2D eigenvalue weighted by Gasteiger charge is -2.15. The van der Waals surface area contributed by atoms with Gasteiger partial charge in [0.15, 0.2) is 11.9 Å². The lowest BCUT2D eigenvalue weighted by Crippen LogP contribution is -2.32. The lowest BCUT2D eigenvalue weighted by molar-refractivity contribution is -0.0505. The van der Waals surface area contributed by atoms with Gasteiger partial charge in [-0.1, -0.05) is 0 Å². The average molecular weight is 320 g/mol.